The minimum Gasteiger partial charge on any atom is -0.504 e. The Morgan fingerprint density at radius 1 is 1.25 bits per heavy atom. The molecular formula is C15H20N2O2S. The maximum absolute atomic E-state index is 9.60. The first kappa shape index (κ1) is 14.8. The van der Waals surface area contributed by atoms with Gasteiger partial charge in [-0.3, -0.25) is 0 Å². The van der Waals surface area contributed by atoms with Crippen LogP contribution in [0.25, 0.3) is 10.6 Å². The van der Waals surface area contributed by atoms with Crippen molar-refractivity contribution in [3.05, 3.63) is 28.8 Å². The monoisotopic (exact) mass is 292 g/mol. The minimum absolute atomic E-state index is 0.108. The number of hydrogen-bond acceptors (Lipinski definition) is 5. The van der Waals surface area contributed by atoms with Crippen LogP contribution in [0.15, 0.2) is 18.2 Å². The lowest BCUT2D eigenvalue weighted by atomic mass is 10.1. The number of aromatic hydroxyl groups is 2. The maximum atomic E-state index is 9.60. The van der Waals surface area contributed by atoms with Crippen LogP contribution in [0.2, 0.25) is 0 Å². The van der Waals surface area contributed by atoms with Crippen molar-refractivity contribution >= 4 is 11.3 Å². The van der Waals surface area contributed by atoms with Gasteiger partial charge in [-0.15, -0.1) is 11.3 Å². The third-order valence-electron chi connectivity index (χ3n) is 2.94. The smallest absolute Gasteiger partial charge is 0.158 e. The molecule has 0 atom stereocenters. The van der Waals surface area contributed by atoms with Crippen molar-refractivity contribution in [3.63, 3.8) is 0 Å². The number of nitrogens with one attached hydrogen (secondary N) is 1. The lowest BCUT2D eigenvalue weighted by molar-refractivity contribution is 0.404. The molecule has 0 aliphatic heterocycles. The van der Waals surface area contributed by atoms with E-state index in [2.05, 4.69) is 19.2 Å². The molecule has 1 aromatic heterocycles. The molecule has 108 valence electrons. The molecule has 0 aliphatic rings. The van der Waals surface area contributed by atoms with Gasteiger partial charge >= 0.3 is 0 Å². The molecule has 0 saturated carbocycles. The predicted octanol–water partition coefficient (Wildman–Crippen LogP) is 3.14. The van der Waals surface area contributed by atoms with Gasteiger partial charge in [0.25, 0.3) is 0 Å². The summed E-state index contributed by atoms with van der Waals surface area (Å²) in [6, 6.07) is 4.82. The van der Waals surface area contributed by atoms with Crippen LogP contribution in [-0.2, 0) is 13.0 Å². The van der Waals surface area contributed by atoms with E-state index in [9.17, 15) is 10.2 Å². The number of rotatable bonds is 5. The normalized spacial score (nSPS) is 11.2. The van der Waals surface area contributed by atoms with E-state index in [4.69, 9.17) is 4.98 Å². The Kier molecular flexibility index (Phi) is 4.62. The summed E-state index contributed by atoms with van der Waals surface area (Å²) in [7, 11) is 1.92. The fraction of sp³-hybridized carbons (Fsp3) is 0.400. The molecule has 0 saturated heterocycles. The Morgan fingerprint density at radius 3 is 2.60 bits per heavy atom. The van der Waals surface area contributed by atoms with Gasteiger partial charge in [0.2, 0.25) is 0 Å². The van der Waals surface area contributed by atoms with Gasteiger partial charge in [-0.05, 0) is 37.6 Å². The zero-order chi connectivity index (χ0) is 14.7. The first-order valence-corrected chi connectivity index (χ1v) is 7.48. The highest BCUT2D eigenvalue weighted by atomic mass is 32.1. The van der Waals surface area contributed by atoms with E-state index in [1.807, 2.05) is 7.05 Å². The molecule has 0 amide bonds. The zero-order valence-electron chi connectivity index (χ0n) is 12.0. The number of nitrogens with zero attached hydrogens (tertiary/aromatic N) is 1. The first-order chi connectivity index (χ1) is 9.51. The zero-order valence-corrected chi connectivity index (χ0v) is 12.8. The summed E-state index contributed by atoms with van der Waals surface area (Å²) in [5.74, 6) is 0.329. The van der Waals surface area contributed by atoms with Gasteiger partial charge in [-0.25, -0.2) is 4.98 Å². The number of hydrogen-bond donors (Lipinski definition) is 3. The van der Waals surface area contributed by atoms with E-state index in [1.165, 1.54) is 10.9 Å². The maximum Gasteiger partial charge on any atom is 0.158 e. The molecule has 20 heavy (non-hydrogen) atoms. The summed E-state index contributed by atoms with van der Waals surface area (Å²) in [4.78, 5) is 5.92. The van der Waals surface area contributed by atoms with Gasteiger partial charge in [0.05, 0.1) is 5.69 Å². The Bertz CT molecular complexity index is 594. The van der Waals surface area contributed by atoms with Gasteiger partial charge in [0, 0.05) is 17.0 Å². The highest BCUT2D eigenvalue weighted by Gasteiger charge is 2.14. The molecule has 1 aromatic carbocycles. The lowest BCUT2D eigenvalue weighted by Gasteiger charge is -2.03. The fourth-order valence-electron chi connectivity index (χ4n) is 2.01. The van der Waals surface area contributed by atoms with E-state index in [-0.39, 0.29) is 11.5 Å². The van der Waals surface area contributed by atoms with Crippen LogP contribution in [-0.4, -0.2) is 22.2 Å². The number of phenols is 2. The van der Waals surface area contributed by atoms with Crippen LogP contribution in [0, 0.1) is 5.92 Å². The van der Waals surface area contributed by atoms with Crippen molar-refractivity contribution in [1.82, 2.24) is 10.3 Å². The SMILES string of the molecule is CNCc1sc(-c2ccc(O)c(O)c2)nc1CC(C)C. The topological polar surface area (TPSA) is 65.4 Å². The summed E-state index contributed by atoms with van der Waals surface area (Å²) >= 11 is 1.63. The molecule has 0 unspecified atom stereocenters. The van der Waals surface area contributed by atoms with E-state index >= 15 is 0 Å². The molecule has 2 aromatic rings. The molecule has 0 aliphatic carbocycles. The van der Waals surface area contributed by atoms with E-state index in [0.29, 0.717) is 5.92 Å². The van der Waals surface area contributed by atoms with Crippen LogP contribution >= 0.6 is 11.3 Å². The van der Waals surface area contributed by atoms with Crippen LogP contribution < -0.4 is 5.32 Å². The number of benzene rings is 1. The Labute approximate surface area is 123 Å². The van der Waals surface area contributed by atoms with Crippen LogP contribution in [0.4, 0.5) is 0 Å². The van der Waals surface area contributed by atoms with Crippen LogP contribution in [0.3, 0.4) is 0 Å². The second-order valence-corrected chi connectivity index (χ2v) is 6.30. The predicted molar refractivity (Wildman–Crippen MR) is 82.2 cm³/mol. The third-order valence-corrected chi connectivity index (χ3v) is 4.09. The van der Waals surface area contributed by atoms with Crippen molar-refractivity contribution in [2.75, 3.05) is 7.05 Å². The van der Waals surface area contributed by atoms with Crippen molar-refractivity contribution in [2.45, 2.75) is 26.8 Å². The molecular weight excluding hydrogens is 272 g/mol. The molecule has 5 heteroatoms. The van der Waals surface area contributed by atoms with Gasteiger partial charge < -0.3 is 15.5 Å². The first-order valence-electron chi connectivity index (χ1n) is 6.66. The number of aromatic nitrogens is 1. The minimum atomic E-state index is -0.113. The Hall–Kier alpha value is -1.59. The molecule has 0 spiro atoms. The van der Waals surface area contributed by atoms with Crippen molar-refractivity contribution in [1.29, 1.82) is 0 Å². The van der Waals surface area contributed by atoms with Crippen molar-refractivity contribution in [3.8, 4) is 22.1 Å². The number of thiazole rings is 1. The van der Waals surface area contributed by atoms with Gasteiger partial charge in [0.15, 0.2) is 11.5 Å². The van der Waals surface area contributed by atoms with E-state index < -0.39 is 0 Å². The van der Waals surface area contributed by atoms with E-state index in [1.54, 1.807) is 23.5 Å². The third kappa shape index (κ3) is 3.29. The largest absolute Gasteiger partial charge is 0.504 e. The van der Waals surface area contributed by atoms with E-state index in [0.717, 1.165) is 29.2 Å². The second kappa shape index (κ2) is 6.24. The molecule has 3 N–H and O–H groups in total. The molecule has 0 radical (unpaired) electrons. The standard InChI is InChI=1S/C15H20N2O2S/c1-9(2)6-11-14(8-16-3)20-15(17-11)10-4-5-12(18)13(19)7-10/h4-5,7,9,16,18-19H,6,8H2,1-3H3. The quantitative estimate of drug-likeness (QED) is 0.741. The molecule has 0 fully saturated rings. The van der Waals surface area contributed by atoms with Crippen molar-refractivity contribution < 1.29 is 10.2 Å². The highest BCUT2D eigenvalue weighted by molar-refractivity contribution is 7.15. The summed E-state index contributed by atoms with van der Waals surface area (Å²) in [5, 5.41) is 23.0. The summed E-state index contributed by atoms with van der Waals surface area (Å²) in [6.45, 7) is 5.15. The average Bonchev–Trinajstić information content (AvgIpc) is 2.76. The second-order valence-electron chi connectivity index (χ2n) is 5.22. The Balaban J connectivity index is 2.38. The molecule has 1 heterocycles. The summed E-state index contributed by atoms with van der Waals surface area (Å²) in [5.41, 5.74) is 1.94. The average molecular weight is 292 g/mol. The lowest BCUT2D eigenvalue weighted by Crippen LogP contribution is -2.07. The Morgan fingerprint density at radius 2 is 2.00 bits per heavy atom. The van der Waals surface area contributed by atoms with Crippen LogP contribution in [0.1, 0.15) is 24.4 Å². The molecule has 4 nitrogen and oxygen atoms in total. The van der Waals surface area contributed by atoms with Gasteiger partial charge in [0.1, 0.15) is 5.01 Å². The van der Waals surface area contributed by atoms with Gasteiger partial charge in [-0.1, -0.05) is 13.8 Å². The summed E-state index contributed by atoms with van der Waals surface area (Å²) < 4.78 is 0. The summed E-state index contributed by atoms with van der Waals surface area (Å²) in [6.07, 6.45) is 0.942. The van der Waals surface area contributed by atoms with Crippen molar-refractivity contribution in [2.24, 2.45) is 5.92 Å². The fourth-order valence-corrected chi connectivity index (χ4v) is 3.11. The molecule has 0 bridgehead atoms. The van der Waals surface area contributed by atoms with Gasteiger partial charge in [-0.2, -0.15) is 0 Å². The molecule has 2 rings (SSSR count). The highest BCUT2D eigenvalue weighted by Crippen LogP contribution is 2.34. The van der Waals surface area contributed by atoms with Crippen LogP contribution in [0.5, 0.6) is 11.5 Å². The number of phenolic OH excluding ortho intramolecular Hbond substituents is 2.